The summed E-state index contributed by atoms with van der Waals surface area (Å²) >= 11 is 5.20. The second-order valence-electron chi connectivity index (χ2n) is 4.31. The molecule has 0 bridgehead atoms. The van der Waals surface area contributed by atoms with Crippen LogP contribution in [-0.4, -0.2) is 20.3 Å². The van der Waals surface area contributed by atoms with Crippen molar-refractivity contribution >= 4 is 27.3 Å². The van der Waals surface area contributed by atoms with Crippen LogP contribution in [-0.2, 0) is 0 Å². The molecule has 0 fully saturated rings. The van der Waals surface area contributed by atoms with Crippen molar-refractivity contribution in [2.75, 3.05) is 20.3 Å². The van der Waals surface area contributed by atoms with E-state index in [9.17, 15) is 0 Å². The van der Waals surface area contributed by atoms with E-state index in [1.165, 1.54) is 11.1 Å². The van der Waals surface area contributed by atoms with Crippen LogP contribution in [0.3, 0.4) is 0 Å². The third-order valence-electron chi connectivity index (χ3n) is 3.11. The lowest BCUT2D eigenvalue weighted by Gasteiger charge is -2.21. The standard InChI is InChI=1S/C14H14BrNO2S/c1-16-14(10-7-13(15)19-8-10)9-2-3-11-12(6-9)18-5-4-17-11/h2-3,6-8,14,16H,4-5H2,1H3. The molecule has 0 spiro atoms. The van der Waals surface area contributed by atoms with Crippen LogP contribution in [0.15, 0.2) is 33.4 Å². The van der Waals surface area contributed by atoms with Gasteiger partial charge in [0.05, 0.1) is 9.83 Å². The summed E-state index contributed by atoms with van der Waals surface area (Å²) in [7, 11) is 1.97. The molecule has 0 saturated carbocycles. The van der Waals surface area contributed by atoms with Crippen molar-refractivity contribution in [1.82, 2.24) is 5.32 Å². The summed E-state index contributed by atoms with van der Waals surface area (Å²) in [6.07, 6.45) is 0. The van der Waals surface area contributed by atoms with Crippen LogP contribution < -0.4 is 14.8 Å². The van der Waals surface area contributed by atoms with Crippen LogP contribution in [0.1, 0.15) is 17.2 Å². The van der Waals surface area contributed by atoms with Crippen LogP contribution in [0.4, 0.5) is 0 Å². The second kappa shape index (κ2) is 5.53. The van der Waals surface area contributed by atoms with Gasteiger partial charge in [0, 0.05) is 0 Å². The highest BCUT2D eigenvalue weighted by molar-refractivity contribution is 9.11. The van der Waals surface area contributed by atoms with Gasteiger partial charge >= 0.3 is 0 Å². The lowest BCUT2D eigenvalue weighted by molar-refractivity contribution is 0.171. The topological polar surface area (TPSA) is 30.5 Å². The first-order valence-corrected chi connectivity index (χ1v) is 7.76. The third-order valence-corrected chi connectivity index (χ3v) is 4.63. The highest BCUT2D eigenvalue weighted by Crippen LogP contribution is 2.35. The van der Waals surface area contributed by atoms with E-state index in [2.05, 4.69) is 44.8 Å². The highest BCUT2D eigenvalue weighted by Gasteiger charge is 2.18. The molecule has 0 saturated heterocycles. The van der Waals surface area contributed by atoms with Gasteiger partial charge in [0.2, 0.25) is 0 Å². The number of thiophene rings is 1. The van der Waals surface area contributed by atoms with Crippen molar-refractivity contribution in [2.24, 2.45) is 0 Å². The Morgan fingerprint density at radius 3 is 2.63 bits per heavy atom. The SMILES string of the molecule is CNC(c1csc(Br)c1)c1ccc2c(c1)OCCO2. The van der Waals surface area contributed by atoms with Crippen molar-refractivity contribution in [3.63, 3.8) is 0 Å². The Morgan fingerprint density at radius 2 is 1.95 bits per heavy atom. The molecule has 0 amide bonds. The summed E-state index contributed by atoms with van der Waals surface area (Å²) in [5, 5.41) is 5.50. The summed E-state index contributed by atoms with van der Waals surface area (Å²) in [6, 6.07) is 8.43. The summed E-state index contributed by atoms with van der Waals surface area (Å²) in [4.78, 5) is 0. The van der Waals surface area contributed by atoms with E-state index >= 15 is 0 Å². The first-order valence-electron chi connectivity index (χ1n) is 6.08. The average molecular weight is 340 g/mol. The van der Waals surface area contributed by atoms with Crippen molar-refractivity contribution < 1.29 is 9.47 Å². The van der Waals surface area contributed by atoms with Crippen LogP contribution in [0.5, 0.6) is 11.5 Å². The Hall–Kier alpha value is -1.04. The summed E-state index contributed by atoms with van der Waals surface area (Å²) < 4.78 is 12.3. The first-order chi connectivity index (χ1) is 9.28. The minimum absolute atomic E-state index is 0.165. The number of ether oxygens (including phenoxy) is 2. The molecule has 1 aromatic heterocycles. The van der Waals surface area contributed by atoms with Gasteiger partial charge in [-0.2, -0.15) is 0 Å². The maximum Gasteiger partial charge on any atom is 0.161 e. The van der Waals surface area contributed by atoms with Crippen molar-refractivity contribution in [1.29, 1.82) is 0 Å². The molecule has 3 rings (SSSR count). The van der Waals surface area contributed by atoms with E-state index in [0.717, 1.165) is 15.3 Å². The zero-order chi connectivity index (χ0) is 13.2. The zero-order valence-electron chi connectivity index (χ0n) is 10.5. The molecule has 1 aliphatic rings. The van der Waals surface area contributed by atoms with Crippen LogP contribution in [0, 0.1) is 0 Å². The van der Waals surface area contributed by atoms with Gasteiger partial charge < -0.3 is 14.8 Å². The number of hydrogen-bond acceptors (Lipinski definition) is 4. The number of benzene rings is 1. The molecule has 100 valence electrons. The monoisotopic (exact) mass is 339 g/mol. The van der Waals surface area contributed by atoms with Gasteiger partial charge in [0.25, 0.3) is 0 Å². The van der Waals surface area contributed by atoms with Crippen LogP contribution in [0.25, 0.3) is 0 Å². The van der Waals surface area contributed by atoms with E-state index in [4.69, 9.17) is 9.47 Å². The molecule has 0 aliphatic carbocycles. The number of nitrogens with one attached hydrogen (secondary N) is 1. The summed E-state index contributed by atoms with van der Waals surface area (Å²) in [6.45, 7) is 1.24. The van der Waals surface area contributed by atoms with Gasteiger partial charge in [-0.3, -0.25) is 0 Å². The molecular formula is C14H14BrNO2S. The van der Waals surface area contributed by atoms with Crippen molar-refractivity contribution in [2.45, 2.75) is 6.04 Å². The van der Waals surface area contributed by atoms with Gasteiger partial charge in [0.1, 0.15) is 13.2 Å². The molecular weight excluding hydrogens is 326 g/mol. The van der Waals surface area contributed by atoms with Gasteiger partial charge in [-0.1, -0.05) is 6.07 Å². The smallest absolute Gasteiger partial charge is 0.161 e. The molecule has 2 aromatic rings. The number of hydrogen-bond donors (Lipinski definition) is 1. The summed E-state index contributed by atoms with van der Waals surface area (Å²) in [5.41, 5.74) is 2.42. The molecule has 19 heavy (non-hydrogen) atoms. The number of fused-ring (bicyclic) bond motifs is 1. The zero-order valence-corrected chi connectivity index (χ0v) is 12.9. The molecule has 2 heterocycles. The quantitative estimate of drug-likeness (QED) is 0.926. The molecule has 1 aromatic carbocycles. The fraction of sp³-hybridized carbons (Fsp3) is 0.286. The molecule has 1 aliphatic heterocycles. The molecule has 5 heteroatoms. The predicted molar refractivity (Wildman–Crippen MR) is 80.4 cm³/mol. The fourth-order valence-corrected chi connectivity index (χ4v) is 3.44. The Kier molecular flexibility index (Phi) is 3.77. The van der Waals surface area contributed by atoms with E-state index in [-0.39, 0.29) is 6.04 Å². The Bertz CT molecular complexity index is 585. The molecule has 1 unspecified atom stereocenters. The maximum atomic E-state index is 5.64. The third kappa shape index (κ3) is 2.63. The summed E-state index contributed by atoms with van der Waals surface area (Å²) in [5.74, 6) is 1.66. The van der Waals surface area contributed by atoms with Gasteiger partial charge in [-0.05, 0) is 57.7 Å². The van der Waals surface area contributed by atoms with Crippen LogP contribution in [0.2, 0.25) is 0 Å². The van der Waals surface area contributed by atoms with E-state index in [1.54, 1.807) is 11.3 Å². The van der Waals surface area contributed by atoms with Crippen molar-refractivity contribution in [3.8, 4) is 11.5 Å². The normalized spacial score (nSPS) is 15.3. The Morgan fingerprint density at radius 1 is 1.16 bits per heavy atom. The second-order valence-corrected chi connectivity index (χ2v) is 6.60. The maximum absolute atomic E-state index is 5.64. The van der Waals surface area contributed by atoms with Gasteiger partial charge in [-0.25, -0.2) is 0 Å². The molecule has 1 atom stereocenters. The Labute approximate surface area is 124 Å². The largest absolute Gasteiger partial charge is 0.486 e. The molecule has 0 radical (unpaired) electrons. The van der Waals surface area contributed by atoms with E-state index < -0.39 is 0 Å². The van der Waals surface area contributed by atoms with Crippen molar-refractivity contribution in [3.05, 3.63) is 44.6 Å². The van der Waals surface area contributed by atoms with E-state index in [0.29, 0.717) is 13.2 Å². The fourth-order valence-electron chi connectivity index (χ4n) is 2.24. The minimum Gasteiger partial charge on any atom is -0.486 e. The number of halogens is 1. The first kappa shape index (κ1) is 13.0. The lowest BCUT2D eigenvalue weighted by atomic mass is 10.0. The Balaban J connectivity index is 1.95. The van der Waals surface area contributed by atoms with Gasteiger partial charge in [0.15, 0.2) is 11.5 Å². The van der Waals surface area contributed by atoms with Crippen LogP contribution >= 0.6 is 27.3 Å². The van der Waals surface area contributed by atoms with Gasteiger partial charge in [-0.15, -0.1) is 11.3 Å². The number of rotatable bonds is 3. The average Bonchev–Trinajstić information content (AvgIpc) is 2.86. The lowest BCUT2D eigenvalue weighted by Crippen LogP contribution is -2.19. The highest BCUT2D eigenvalue weighted by atomic mass is 79.9. The molecule has 1 N–H and O–H groups in total. The predicted octanol–water partition coefficient (Wildman–Crippen LogP) is 3.59. The van der Waals surface area contributed by atoms with E-state index in [1.807, 2.05) is 13.1 Å². The molecule has 3 nitrogen and oxygen atoms in total. The minimum atomic E-state index is 0.165.